The number of benzene rings is 2. The van der Waals surface area contributed by atoms with Gasteiger partial charge in [-0.05, 0) is 49.2 Å². The van der Waals surface area contributed by atoms with Crippen LogP contribution in [-0.4, -0.2) is 57.1 Å². The smallest absolute Gasteiger partial charge is 0.255 e. The summed E-state index contributed by atoms with van der Waals surface area (Å²) >= 11 is 0. The number of ketones is 1. The second-order valence-corrected chi connectivity index (χ2v) is 8.43. The molecule has 9 heteroatoms. The van der Waals surface area contributed by atoms with Crippen molar-refractivity contribution in [3.8, 4) is 0 Å². The van der Waals surface area contributed by atoms with Crippen LogP contribution >= 0.6 is 0 Å². The highest BCUT2D eigenvalue weighted by Gasteiger charge is 2.24. The van der Waals surface area contributed by atoms with Gasteiger partial charge in [0, 0.05) is 23.0 Å². The van der Waals surface area contributed by atoms with Gasteiger partial charge in [-0.25, -0.2) is 9.97 Å². The Bertz CT molecular complexity index is 1330. The standard InChI is InChI=1S/C26H25N5O4/c32-13-20-11-10-19(14-35-20)30-25-22-21(12-27-24(22)28-15-29-25)23(33)16-6-8-18(9-7-16)31-26(34)17-4-2-1-3-5-17/h1-9,12,15,19-20,32H,10-11,13-14H2,(H,31,34)(H2,27,28,29,30)/t19-,20-/m0/s1. The number of ether oxygens (including phenoxy) is 1. The first-order valence-corrected chi connectivity index (χ1v) is 11.4. The lowest BCUT2D eigenvalue weighted by molar-refractivity contribution is -0.0224. The molecule has 3 heterocycles. The van der Waals surface area contributed by atoms with E-state index in [1.165, 1.54) is 6.33 Å². The molecule has 1 saturated heterocycles. The summed E-state index contributed by atoms with van der Waals surface area (Å²) in [5, 5.41) is 16.1. The van der Waals surface area contributed by atoms with Gasteiger partial charge in [-0.2, -0.15) is 0 Å². The number of nitrogens with one attached hydrogen (secondary N) is 3. The Balaban J connectivity index is 1.34. The molecule has 9 nitrogen and oxygen atoms in total. The third-order valence-electron chi connectivity index (χ3n) is 6.07. The van der Waals surface area contributed by atoms with Crippen molar-refractivity contribution < 1.29 is 19.4 Å². The van der Waals surface area contributed by atoms with E-state index in [1.54, 1.807) is 54.7 Å². The van der Waals surface area contributed by atoms with Crippen molar-refractivity contribution in [1.82, 2.24) is 15.0 Å². The number of H-pyrrole nitrogens is 1. The highest BCUT2D eigenvalue weighted by atomic mass is 16.5. The van der Waals surface area contributed by atoms with Gasteiger partial charge in [-0.3, -0.25) is 9.59 Å². The fourth-order valence-corrected chi connectivity index (χ4v) is 4.16. The quantitative estimate of drug-likeness (QED) is 0.304. The van der Waals surface area contributed by atoms with Crippen molar-refractivity contribution in [3.63, 3.8) is 0 Å². The minimum atomic E-state index is -0.217. The van der Waals surface area contributed by atoms with Gasteiger partial charge >= 0.3 is 0 Å². The van der Waals surface area contributed by atoms with E-state index in [-0.39, 0.29) is 30.4 Å². The SMILES string of the molecule is O=C(Nc1ccc(C(=O)c2c[nH]c3ncnc(N[C@H]4CC[C@@H](CO)OC4)c23)cc1)c1ccccc1. The zero-order chi connectivity index (χ0) is 24.2. The molecule has 2 atom stereocenters. The zero-order valence-corrected chi connectivity index (χ0v) is 18.9. The maximum Gasteiger partial charge on any atom is 0.255 e. The summed E-state index contributed by atoms with van der Waals surface area (Å²) in [4.78, 5) is 37.4. The van der Waals surface area contributed by atoms with Crippen LogP contribution in [0.5, 0.6) is 0 Å². The van der Waals surface area contributed by atoms with Crippen LogP contribution in [0.2, 0.25) is 0 Å². The van der Waals surface area contributed by atoms with Crippen molar-refractivity contribution in [2.45, 2.75) is 25.0 Å². The van der Waals surface area contributed by atoms with Crippen LogP contribution in [-0.2, 0) is 4.74 Å². The molecular formula is C26H25N5O4. The fraction of sp³-hybridized carbons (Fsp3) is 0.231. The lowest BCUT2D eigenvalue weighted by Gasteiger charge is -2.29. The minimum absolute atomic E-state index is 0.00958. The number of carbonyl (C=O) groups excluding carboxylic acids is 2. The normalized spacial score (nSPS) is 17.7. The molecule has 4 aromatic rings. The number of aliphatic hydroxyl groups excluding tert-OH is 1. The van der Waals surface area contributed by atoms with Gasteiger partial charge in [0.1, 0.15) is 17.8 Å². The first-order chi connectivity index (χ1) is 17.1. The first-order valence-electron chi connectivity index (χ1n) is 11.4. The molecule has 1 aliphatic rings. The molecule has 0 bridgehead atoms. The molecule has 2 aromatic carbocycles. The van der Waals surface area contributed by atoms with Gasteiger partial charge in [0.15, 0.2) is 5.78 Å². The van der Waals surface area contributed by atoms with E-state index in [2.05, 4.69) is 25.6 Å². The van der Waals surface area contributed by atoms with Crippen LogP contribution in [0.3, 0.4) is 0 Å². The van der Waals surface area contributed by atoms with Gasteiger partial charge < -0.3 is 25.5 Å². The van der Waals surface area contributed by atoms with Crippen molar-refractivity contribution >= 4 is 34.2 Å². The molecule has 0 saturated carbocycles. The van der Waals surface area contributed by atoms with E-state index in [9.17, 15) is 14.7 Å². The maximum atomic E-state index is 13.4. The molecule has 5 rings (SSSR count). The van der Waals surface area contributed by atoms with Crippen molar-refractivity contribution in [3.05, 3.63) is 83.8 Å². The number of aromatic nitrogens is 3. The predicted molar refractivity (Wildman–Crippen MR) is 132 cm³/mol. The molecule has 178 valence electrons. The summed E-state index contributed by atoms with van der Waals surface area (Å²) in [6, 6.07) is 15.7. The molecular weight excluding hydrogens is 446 g/mol. The highest BCUT2D eigenvalue weighted by Crippen LogP contribution is 2.28. The number of nitrogens with zero attached hydrogens (tertiary/aromatic N) is 2. The molecule has 2 aromatic heterocycles. The number of anilines is 2. The maximum absolute atomic E-state index is 13.4. The van der Waals surface area contributed by atoms with Gasteiger partial charge in [0.05, 0.1) is 36.3 Å². The molecule has 0 unspecified atom stereocenters. The topological polar surface area (TPSA) is 129 Å². The van der Waals surface area contributed by atoms with Gasteiger partial charge in [-0.15, -0.1) is 0 Å². The van der Waals surface area contributed by atoms with Crippen LogP contribution in [0.1, 0.15) is 39.1 Å². The summed E-state index contributed by atoms with van der Waals surface area (Å²) < 4.78 is 5.66. The molecule has 0 spiro atoms. The number of fused-ring (bicyclic) bond motifs is 1. The predicted octanol–water partition coefficient (Wildman–Crippen LogP) is 3.39. The van der Waals surface area contributed by atoms with Crippen LogP contribution in [0.25, 0.3) is 11.0 Å². The van der Waals surface area contributed by atoms with E-state index in [0.29, 0.717) is 45.8 Å². The van der Waals surface area contributed by atoms with Gasteiger partial charge in [0.25, 0.3) is 5.91 Å². The van der Waals surface area contributed by atoms with E-state index in [4.69, 9.17) is 4.74 Å². The second-order valence-electron chi connectivity index (χ2n) is 8.43. The third-order valence-corrected chi connectivity index (χ3v) is 6.07. The summed E-state index contributed by atoms with van der Waals surface area (Å²) in [6.45, 7) is 0.455. The van der Waals surface area contributed by atoms with Crippen molar-refractivity contribution in [1.29, 1.82) is 0 Å². The first kappa shape index (κ1) is 22.7. The number of rotatable bonds is 7. The van der Waals surface area contributed by atoms with Crippen LogP contribution in [0.15, 0.2) is 67.1 Å². The Morgan fingerprint density at radius 1 is 1.03 bits per heavy atom. The monoisotopic (exact) mass is 471 g/mol. The number of aromatic amines is 1. The van der Waals surface area contributed by atoms with E-state index < -0.39 is 0 Å². The Morgan fingerprint density at radius 3 is 2.54 bits per heavy atom. The van der Waals surface area contributed by atoms with E-state index in [1.807, 2.05) is 6.07 Å². The number of aliphatic hydroxyl groups is 1. The summed E-state index contributed by atoms with van der Waals surface area (Å²) in [7, 11) is 0. The Labute approximate surface area is 201 Å². The van der Waals surface area contributed by atoms with Crippen LogP contribution in [0.4, 0.5) is 11.5 Å². The fourth-order valence-electron chi connectivity index (χ4n) is 4.16. The van der Waals surface area contributed by atoms with Crippen LogP contribution < -0.4 is 10.6 Å². The molecule has 0 aliphatic carbocycles. The summed E-state index contributed by atoms with van der Waals surface area (Å²) in [6.07, 6.45) is 4.51. The number of hydrogen-bond donors (Lipinski definition) is 4. The van der Waals surface area contributed by atoms with Gasteiger partial charge in [-0.1, -0.05) is 18.2 Å². The molecule has 4 N–H and O–H groups in total. The summed E-state index contributed by atoms with van der Waals surface area (Å²) in [5.74, 6) is 0.156. The van der Waals surface area contributed by atoms with E-state index in [0.717, 1.165) is 12.8 Å². The molecule has 1 amide bonds. The van der Waals surface area contributed by atoms with Crippen molar-refractivity contribution in [2.75, 3.05) is 23.8 Å². The lowest BCUT2D eigenvalue weighted by atomic mass is 10.0. The average molecular weight is 472 g/mol. The zero-order valence-electron chi connectivity index (χ0n) is 18.9. The molecule has 0 radical (unpaired) electrons. The van der Waals surface area contributed by atoms with Crippen LogP contribution in [0, 0.1) is 0 Å². The Hall–Kier alpha value is -4.08. The number of carbonyl (C=O) groups is 2. The number of amides is 1. The molecule has 35 heavy (non-hydrogen) atoms. The lowest BCUT2D eigenvalue weighted by Crippen LogP contribution is -2.36. The molecule has 1 aliphatic heterocycles. The average Bonchev–Trinajstić information content (AvgIpc) is 3.35. The van der Waals surface area contributed by atoms with Crippen molar-refractivity contribution in [2.24, 2.45) is 0 Å². The Kier molecular flexibility index (Phi) is 6.51. The highest BCUT2D eigenvalue weighted by molar-refractivity contribution is 6.18. The largest absolute Gasteiger partial charge is 0.394 e. The van der Waals surface area contributed by atoms with Gasteiger partial charge in [0.2, 0.25) is 0 Å². The Morgan fingerprint density at radius 2 is 1.83 bits per heavy atom. The van der Waals surface area contributed by atoms with E-state index >= 15 is 0 Å². The summed E-state index contributed by atoms with van der Waals surface area (Å²) in [5.41, 5.74) is 2.64. The number of hydrogen-bond acceptors (Lipinski definition) is 7. The third kappa shape index (κ3) is 4.91. The second kappa shape index (κ2) is 10.0. The molecule has 1 fully saturated rings. The minimum Gasteiger partial charge on any atom is -0.394 e.